The Kier molecular flexibility index (Phi) is 7.25. The fourth-order valence-electron chi connectivity index (χ4n) is 1.72. The third kappa shape index (κ3) is 6.18. The highest BCUT2D eigenvalue weighted by molar-refractivity contribution is 7.99. The SMILES string of the molecule is Cc1ccc(SCCC(=O)N[C@H](CCO)C(=O)O)cc1C. The van der Waals surface area contributed by atoms with Crippen LogP contribution in [0.15, 0.2) is 23.1 Å². The van der Waals surface area contributed by atoms with Crippen LogP contribution < -0.4 is 5.32 Å². The number of nitrogens with one attached hydrogen (secondary N) is 1. The molecule has 6 heteroatoms. The van der Waals surface area contributed by atoms with Crippen molar-refractivity contribution in [3.63, 3.8) is 0 Å². The molecule has 21 heavy (non-hydrogen) atoms. The highest BCUT2D eigenvalue weighted by atomic mass is 32.2. The lowest BCUT2D eigenvalue weighted by Crippen LogP contribution is -2.41. The molecule has 0 aliphatic rings. The molecule has 0 aliphatic heterocycles. The molecule has 0 unspecified atom stereocenters. The van der Waals surface area contributed by atoms with E-state index < -0.39 is 12.0 Å². The summed E-state index contributed by atoms with van der Waals surface area (Å²) in [6.07, 6.45) is 0.262. The van der Waals surface area contributed by atoms with Crippen LogP contribution in [-0.2, 0) is 9.59 Å². The number of aliphatic hydroxyl groups excluding tert-OH is 1. The van der Waals surface area contributed by atoms with Crippen LogP contribution in [-0.4, -0.2) is 40.5 Å². The second-order valence-electron chi connectivity index (χ2n) is 4.82. The molecular formula is C15H21NO4S. The Hall–Kier alpha value is -1.53. The Balaban J connectivity index is 2.39. The van der Waals surface area contributed by atoms with Gasteiger partial charge in [-0.15, -0.1) is 11.8 Å². The number of aliphatic hydroxyl groups is 1. The predicted octanol–water partition coefficient (Wildman–Crippen LogP) is 1.74. The maximum atomic E-state index is 11.7. The largest absolute Gasteiger partial charge is 0.480 e. The normalized spacial score (nSPS) is 12.0. The molecule has 0 saturated carbocycles. The summed E-state index contributed by atoms with van der Waals surface area (Å²) in [4.78, 5) is 23.6. The number of amides is 1. The van der Waals surface area contributed by atoms with E-state index in [1.165, 1.54) is 11.1 Å². The molecule has 1 amide bonds. The van der Waals surface area contributed by atoms with Gasteiger partial charge in [-0.25, -0.2) is 4.79 Å². The Bertz CT molecular complexity index is 504. The molecule has 0 heterocycles. The Morgan fingerprint density at radius 2 is 2.00 bits per heavy atom. The second-order valence-corrected chi connectivity index (χ2v) is 5.98. The molecule has 5 nitrogen and oxygen atoms in total. The maximum Gasteiger partial charge on any atom is 0.326 e. The van der Waals surface area contributed by atoms with Gasteiger partial charge in [-0.1, -0.05) is 6.07 Å². The molecule has 0 spiro atoms. The highest BCUT2D eigenvalue weighted by Gasteiger charge is 2.18. The Morgan fingerprint density at radius 3 is 2.57 bits per heavy atom. The van der Waals surface area contributed by atoms with Crippen molar-refractivity contribution in [3.8, 4) is 0 Å². The number of carboxylic acid groups (broad SMARTS) is 1. The molecule has 0 saturated heterocycles. The van der Waals surface area contributed by atoms with Gasteiger partial charge in [0.25, 0.3) is 0 Å². The number of carbonyl (C=O) groups excluding carboxylic acids is 1. The number of hydrogen-bond donors (Lipinski definition) is 3. The lowest BCUT2D eigenvalue weighted by molar-refractivity contribution is -0.142. The number of benzene rings is 1. The minimum absolute atomic E-state index is 0.0192. The van der Waals surface area contributed by atoms with Crippen LogP contribution in [0.2, 0.25) is 0 Å². The molecular weight excluding hydrogens is 290 g/mol. The first kappa shape index (κ1) is 17.5. The van der Waals surface area contributed by atoms with Gasteiger partial charge in [0.05, 0.1) is 0 Å². The summed E-state index contributed by atoms with van der Waals surface area (Å²) >= 11 is 1.56. The van der Waals surface area contributed by atoms with Gasteiger partial charge in [0.1, 0.15) is 6.04 Å². The topological polar surface area (TPSA) is 86.6 Å². The Labute approximate surface area is 128 Å². The number of aryl methyl sites for hydroxylation is 2. The van der Waals surface area contributed by atoms with Crippen LogP contribution in [0.5, 0.6) is 0 Å². The van der Waals surface area contributed by atoms with Crippen molar-refractivity contribution in [1.82, 2.24) is 5.32 Å². The maximum absolute atomic E-state index is 11.7. The van der Waals surface area contributed by atoms with E-state index in [0.29, 0.717) is 5.75 Å². The first-order valence-electron chi connectivity index (χ1n) is 6.77. The lowest BCUT2D eigenvalue weighted by atomic mass is 10.1. The van der Waals surface area contributed by atoms with Gasteiger partial charge in [0.15, 0.2) is 0 Å². The average molecular weight is 311 g/mol. The lowest BCUT2D eigenvalue weighted by Gasteiger charge is -2.13. The molecule has 1 aromatic carbocycles. The molecule has 0 bridgehead atoms. The standard InChI is InChI=1S/C15H21NO4S/c1-10-3-4-12(9-11(10)2)21-8-6-14(18)16-13(5-7-17)15(19)20/h3-4,9,13,17H,5-8H2,1-2H3,(H,16,18)(H,19,20)/t13-/m1/s1. The fourth-order valence-corrected chi connectivity index (χ4v) is 2.67. The van der Waals surface area contributed by atoms with Crippen molar-refractivity contribution in [3.05, 3.63) is 29.3 Å². The van der Waals surface area contributed by atoms with E-state index >= 15 is 0 Å². The van der Waals surface area contributed by atoms with E-state index in [1.807, 2.05) is 26.0 Å². The summed E-state index contributed by atoms with van der Waals surface area (Å²) in [5.74, 6) is -0.855. The van der Waals surface area contributed by atoms with Crippen LogP contribution in [0.3, 0.4) is 0 Å². The number of rotatable bonds is 8. The van der Waals surface area contributed by atoms with E-state index in [4.69, 9.17) is 10.2 Å². The summed E-state index contributed by atoms with van der Waals surface area (Å²) in [7, 11) is 0. The van der Waals surface area contributed by atoms with Crippen molar-refractivity contribution >= 4 is 23.6 Å². The summed E-state index contributed by atoms with van der Waals surface area (Å²) in [6.45, 7) is 3.82. The quantitative estimate of drug-likeness (QED) is 0.637. The zero-order chi connectivity index (χ0) is 15.8. The third-order valence-electron chi connectivity index (χ3n) is 3.13. The van der Waals surface area contributed by atoms with Crippen LogP contribution >= 0.6 is 11.8 Å². The van der Waals surface area contributed by atoms with Crippen LogP contribution in [0.1, 0.15) is 24.0 Å². The van der Waals surface area contributed by atoms with Gasteiger partial charge in [0.2, 0.25) is 5.91 Å². The average Bonchev–Trinajstić information content (AvgIpc) is 2.42. The smallest absolute Gasteiger partial charge is 0.326 e. The monoisotopic (exact) mass is 311 g/mol. The van der Waals surface area contributed by atoms with Gasteiger partial charge in [0, 0.05) is 30.1 Å². The van der Waals surface area contributed by atoms with Crippen molar-refractivity contribution in [2.24, 2.45) is 0 Å². The first-order valence-corrected chi connectivity index (χ1v) is 7.75. The highest BCUT2D eigenvalue weighted by Crippen LogP contribution is 2.21. The van der Waals surface area contributed by atoms with E-state index in [-0.39, 0.29) is 25.4 Å². The van der Waals surface area contributed by atoms with Gasteiger partial charge in [-0.3, -0.25) is 4.79 Å². The second kappa shape index (κ2) is 8.69. The van der Waals surface area contributed by atoms with E-state index in [2.05, 4.69) is 11.4 Å². The van der Waals surface area contributed by atoms with E-state index in [0.717, 1.165) is 4.90 Å². The predicted molar refractivity (Wildman–Crippen MR) is 82.5 cm³/mol. The summed E-state index contributed by atoms with van der Waals surface area (Å²) in [5, 5.41) is 20.0. The molecule has 0 fully saturated rings. The van der Waals surface area contributed by atoms with Crippen LogP contribution in [0, 0.1) is 13.8 Å². The minimum atomic E-state index is -1.13. The molecule has 1 rings (SSSR count). The van der Waals surface area contributed by atoms with E-state index in [9.17, 15) is 9.59 Å². The van der Waals surface area contributed by atoms with Crippen molar-refractivity contribution < 1.29 is 19.8 Å². The third-order valence-corrected chi connectivity index (χ3v) is 4.12. The zero-order valence-corrected chi connectivity index (χ0v) is 13.1. The summed E-state index contributed by atoms with van der Waals surface area (Å²) in [6, 6.07) is 5.11. The minimum Gasteiger partial charge on any atom is -0.480 e. The molecule has 0 aromatic heterocycles. The van der Waals surface area contributed by atoms with Gasteiger partial charge < -0.3 is 15.5 Å². The first-order chi connectivity index (χ1) is 9.93. The summed E-state index contributed by atoms with van der Waals surface area (Å²) < 4.78 is 0. The molecule has 1 atom stereocenters. The molecule has 116 valence electrons. The van der Waals surface area contributed by atoms with Crippen LogP contribution in [0.4, 0.5) is 0 Å². The molecule has 0 radical (unpaired) electrons. The van der Waals surface area contributed by atoms with Gasteiger partial charge >= 0.3 is 5.97 Å². The molecule has 0 aliphatic carbocycles. The van der Waals surface area contributed by atoms with Gasteiger partial charge in [-0.05, 0) is 37.1 Å². The van der Waals surface area contributed by atoms with Crippen LogP contribution in [0.25, 0.3) is 0 Å². The van der Waals surface area contributed by atoms with E-state index in [1.54, 1.807) is 11.8 Å². The number of carboxylic acids is 1. The van der Waals surface area contributed by atoms with Crippen molar-refractivity contribution in [1.29, 1.82) is 0 Å². The fraction of sp³-hybridized carbons (Fsp3) is 0.467. The molecule has 3 N–H and O–H groups in total. The Morgan fingerprint density at radius 1 is 1.29 bits per heavy atom. The van der Waals surface area contributed by atoms with Gasteiger partial charge in [-0.2, -0.15) is 0 Å². The van der Waals surface area contributed by atoms with Crippen molar-refractivity contribution in [2.75, 3.05) is 12.4 Å². The number of hydrogen-bond acceptors (Lipinski definition) is 4. The molecule has 1 aromatic rings. The number of aliphatic carboxylic acids is 1. The number of thioether (sulfide) groups is 1. The number of carbonyl (C=O) groups is 2. The van der Waals surface area contributed by atoms with Crippen molar-refractivity contribution in [2.45, 2.75) is 37.6 Å². The summed E-state index contributed by atoms with van der Waals surface area (Å²) in [5.41, 5.74) is 2.43. The zero-order valence-electron chi connectivity index (χ0n) is 12.3.